The average molecular weight is 305 g/mol. The van der Waals surface area contributed by atoms with E-state index in [0.717, 1.165) is 26.2 Å². The number of nitrogens with zero attached hydrogens (tertiary/aromatic N) is 2. The Kier molecular flexibility index (Phi) is 4.61. The lowest BCUT2D eigenvalue weighted by Crippen LogP contribution is -2.55. The van der Waals surface area contributed by atoms with Crippen LogP contribution >= 0.6 is 0 Å². The van der Waals surface area contributed by atoms with Crippen LogP contribution in [-0.4, -0.2) is 59.7 Å². The van der Waals surface area contributed by atoms with E-state index in [1.807, 2.05) is 23.1 Å². The van der Waals surface area contributed by atoms with Crippen LogP contribution in [0.4, 0.5) is 5.69 Å². The summed E-state index contributed by atoms with van der Waals surface area (Å²) in [5, 5.41) is 20.3. The molecule has 1 saturated carbocycles. The Bertz CT molecular complexity index is 495. The monoisotopic (exact) mass is 305 g/mol. The fourth-order valence-corrected chi connectivity index (χ4v) is 3.25. The van der Waals surface area contributed by atoms with Crippen molar-refractivity contribution in [2.75, 3.05) is 31.1 Å². The topological polar surface area (TPSA) is 76.0 Å². The molecule has 1 amide bonds. The molecule has 0 atom stereocenters. The summed E-state index contributed by atoms with van der Waals surface area (Å²) in [6.07, 6.45) is -0.111. The lowest BCUT2D eigenvalue weighted by atomic mass is 9.79. The predicted octanol–water partition coefficient (Wildman–Crippen LogP) is -0.0284. The number of rotatable bonds is 4. The largest absolute Gasteiger partial charge is 0.368 e. The van der Waals surface area contributed by atoms with Crippen molar-refractivity contribution in [3.05, 3.63) is 30.3 Å². The van der Waals surface area contributed by atoms with Gasteiger partial charge in [-0.2, -0.15) is 0 Å². The molecule has 1 aromatic carbocycles. The molecule has 2 fully saturated rings. The maximum atomic E-state index is 12.4. The first-order valence-electron chi connectivity index (χ1n) is 7.84. The lowest BCUT2D eigenvalue weighted by Gasteiger charge is -2.41. The van der Waals surface area contributed by atoms with Gasteiger partial charge in [0.15, 0.2) is 0 Å². The summed E-state index contributed by atoms with van der Waals surface area (Å²) in [5.41, 5.74) is 1.21. The van der Waals surface area contributed by atoms with E-state index >= 15 is 0 Å². The first-order chi connectivity index (χ1) is 10.6. The third kappa shape index (κ3) is 3.40. The van der Waals surface area contributed by atoms with Crippen LogP contribution in [-0.2, 0) is 4.79 Å². The van der Waals surface area contributed by atoms with Crippen LogP contribution in [0.1, 0.15) is 12.8 Å². The number of nitrogens with one attached hydrogen (secondary N) is 1. The molecule has 0 radical (unpaired) electrons. The van der Waals surface area contributed by atoms with Crippen LogP contribution in [0.25, 0.3) is 0 Å². The summed E-state index contributed by atoms with van der Waals surface area (Å²) in [6, 6.07) is 10.3. The summed E-state index contributed by atoms with van der Waals surface area (Å²) in [4.78, 5) is 16.7. The minimum atomic E-state index is -1.49. The highest BCUT2D eigenvalue weighted by atomic mass is 16.5. The van der Waals surface area contributed by atoms with Crippen molar-refractivity contribution in [3.8, 4) is 0 Å². The smallest absolute Gasteiger partial charge is 0.225 e. The second-order valence-electron chi connectivity index (χ2n) is 6.05. The van der Waals surface area contributed by atoms with Gasteiger partial charge in [0.05, 0.1) is 0 Å². The first kappa shape index (κ1) is 15.3. The Morgan fingerprint density at radius 2 is 1.73 bits per heavy atom. The summed E-state index contributed by atoms with van der Waals surface area (Å²) >= 11 is 0. The third-order valence-electron chi connectivity index (χ3n) is 4.58. The Hall–Kier alpha value is -1.63. The van der Waals surface area contributed by atoms with E-state index in [-0.39, 0.29) is 17.9 Å². The van der Waals surface area contributed by atoms with Crippen molar-refractivity contribution in [3.63, 3.8) is 0 Å². The zero-order chi connectivity index (χ0) is 15.5. The number of carbonyl (C=O) groups excluding carboxylic acids is 1. The summed E-state index contributed by atoms with van der Waals surface area (Å²) < 4.78 is 0. The number of benzene rings is 1. The number of hydrogen-bond donors (Lipinski definition) is 3. The molecule has 0 aromatic heterocycles. The van der Waals surface area contributed by atoms with Crippen molar-refractivity contribution in [2.24, 2.45) is 5.92 Å². The minimum Gasteiger partial charge on any atom is -0.368 e. The van der Waals surface area contributed by atoms with Gasteiger partial charge in [-0.25, -0.2) is 0 Å². The van der Waals surface area contributed by atoms with Crippen LogP contribution in [0, 0.1) is 5.92 Å². The fraction of sp³-hybridized carbons (Fsp3) is 0.562. The number of anilines is 1. The quantitative estimate of drug-likeness (QED) is 0.681. The highest BCUT2D eigenvalue weighted by Gasteiger charge is 2.38. The summed E-state index contributed by atoms with van der Waals surface area (Å²) in [6.45, 7) is 3.23. The van der Waals surface area contributed by atoms with Gasteiger partial charge in [-0.3, -0.25) is 10.1 Å². The molecule has 3 N–H and O–H groups in total. The van der Waals surface area contributed by atoms with Gasteiger partial charge < -0.3 is 20.0 Å². The van der Waals surface area contributed by atoms with E-state index in [1.165, 1.54) is 5.69 Å². The molecule has 1 heterocycles. The maximum absolute atomic E-state index is 12.4. The van der Waals surface area contributed by atoms with Crippen LogP contribution in [0.3, 0.4) is 0 Å². The molecular formula is C16H23N3O3. The number of piperazine rings is 1. The van der Waals surface area contributed by atoms with Gasteiger partial charge in [0.25, 0.3) is 0 Å². The van der Waals surface area contributed by atoms with Crippen molar-refractivity contribution < 1.29 is 15.0 Å². The average Bonchev–Trinajstić information content (AvgIpc) is 2.51. The standard InChI is InChI=1S/C16H23N3O3/c20-15(12-10-13(11-12)17-16(21)22)19-8-6-18(7-9-19)14-4-2-1-3-5-14/h1-5,12-13,16-17,21-22H,6-11H2. The van der Waals surface area contributed by atoms with Crippen LogP contribution in [0.5, 0.6) is 0 Å². The second-order valence-corrected chi connectivity index (χ2v) is 6.05. The Balaban J connectivity index is 1.45. The van der Waals surface area contributed by atoms with Crippen LogP contribution in [0.15, 0.2) is 30.3 Å². The third-order valence-corrected chi connectivity index (χ3v) is 4.58. The van der Waals surface area contributed by atoms with Gasteiger partial charge in [0.1, 0.15) is 0 Å². The van der Waals surface area contributed by atoms with Gasteiger partial charge in [0, 0.05) is 43.8 Å². The number of hydrogen-bond acceptors (Lipinski definition) is 5. The van der Waals surface area contributed by atoms with Crippen molar-refractivity contribution in [1.82, 2.24) is 10.2 Å². The van der Waals surface area contributed by atoms with Crippen molar-refractivity contribution in [2.45, 2.75) is 25.3 Å². The number of aliphatic hydroxyl groups excluding tert-OH is 1. The van der Waals surface area contributed by atoms with Gasteiger partial charge in [-0.1, -0.05) is 18.2 Å². The summed E-state index contributed by atoms with van der Waals surface area (Å²) in [7, 11) is 0. The molecule has 0 bridgehead atoms. The van der Waals surface area contributed by atoms with E-state index in [0.29, 0.717) is 12.8 Å². The predicted molar refractivity (Wildman–Crippen MR) is 83.1 cm³/mol. The van der Waals surface area contributed by atoms with E-state index in [4.69, 9.17) is 10.2 Å². The molecule has 22 heavy (non-hydrogen) atoms. The Labute approximate surface area is 130 Å². The van der Waals surface area contributed by atoms with E-state index < -0.39 is 6.41 Å². The van der Waals surface area contributed by atoms with E-state index in [2.05, 4.69) is 22.3 Å². The molecule has 6 heteroatoms. The molecule has 0 unspecified atom stereocenters. The molecule has 1 aliphatic carbocycles. The molecule has 0 spiro atoms. The number of aliphatic hydroxyl groups is 2. The molecular weight excluding hydrogens is 282 g/mol. The van der Waals surface area contributed by atoms with Gasteiger partial charge in [-0.05, 0) is 25.0 Å². The molecule has 2 aliphatic rings. The zero-order valence-electron chi connectivity index (χ0n) is 12.6. The van der Waals surface area contributed by atoms with E-state index in [9.17, 15) is 4.79 Å². The first-order valence-corrected chi connectivity index (χ1v) is 7.84. The Morgan fingerprint density at radius 3 is 2.32 bits per heavy atom. The normalized spacial score (nSPS) is 25.2. The highest BCUT2D eigenvalue weighted by molar-refractivity contribution is 5.80. The summed E-state index contributed by atoms with van der Waals surface area (Å²) in [5.74, 6) is 0.234. The molecule has 1 saturated heterocycles. The fourth-order valence-electron chi connectivity index (χ4n) is 3.25. The number of amides is 1. The number of carbonyl (C=O) groups is 1. The van der Waals surface area contributed by atoms with Crippen LogP contribution < -0.4 is 10.2 Å². The molecule has 1 aliphatic heterocycles. The maximum Gasteiger partial charge on any atom is 0.225 e. The molecule has 3 rings (SSSR count). The zero-order valence-corrected chi connectivity index (χ0v) is 12.6. The minimum absolute atomic E-state index is 0.0273. The SMILES string of the molecule is O=C(C1CC(NC(O)O)C1)N1CCN(c2ccccc2)CC1. The van der Waals surface area contributed by atoms with E-state index in [1.54, 1.807) is 0 Å². The molecule has 120 valence electrons. The second kappa shape index (κ2) is 6.64. The molecule has 6 nitrogen and oxygen atoms in total. The van der Waals surface area contributed by atoms with Crippen molar-refractivity contribution in [1.29, 1.82) is 0 Å². The highest BCUT2D eigenvalue weighted by Crippen LogP contribution is 2.30. The number of para-hydroxylation sites is 1. The van der Waals surface area contributed by atoms with Gasteiger partial charge >= 0.3 is 0 Å². The molecule has 1 aromatic rings. The Morgan fingerprint density at radius 1 is 1.09 bits per heavy atom. The van der Waals surface area contributed by atoms with Crippen molar-refractivity contribution >= 4 is 11.6 Å². The van der Waals surface area contributed by atoms with Crippen LogP contribution in [0.2, 0.25) is 0 Å². The van der Waals surface area contributed by atoms with Gasteiger partial charge in [0.2, 0.25) is 12.3 Å². The lowest BCUT2D eigenvalue weighted by molar-refractivity contribution is -0.141. The van der Waals surface area contributed by atoms with Gasteiger partial charge in [-0.15, -0.1) is 0 Å².